The van der Waals surface area contributed by atoms with Crippen molar-refractivity contribution >= 4 is 55.8 Å². The first-order valence-electron chi connectivity index (χ1n) is 8.24. The highest BCUT2D eigenvalue weighted by atomic mass is 35.5. The zero-order chi connectivity index (χ0) is 18.3. The van der Waals surface area contributed by atoms with Gasteiger partial charge in [0.2, 0.25) is 11.8 Å². The summed E-state index contributed by atoms with van der Waals surface area (Å²) < 4.78 is 1.03. The average molecular weight is 386 g/mol. The highest BCUT2D eigenvalue weighted by Gasteiger charge is 2.35. The smallest absolute Gasteiger partial charge is 0.231 e. The molecule has 2 heterocycles. The summed E-state index contributed by atoms with van der Waals surface area (Å²) in [6, 6.07) is 13.0. The van der Waals surface area contributed by atoms with Crippen LogP contribution >= 0.6 is 22.9 Å². The summed E-state index contributed by atoms with van der Waals surface area (Å²) >= 11 is 7.34. The van der Waals surface area contributed by atoms with Crippen LogP contribution in [-0.2, 0) is 9.59 Å². The molecule has 26 heavy (non-hydrogen) atoms. The molecule has 0 saturated carbocycles. The lowest BCUT2D eigenvalue weighted by atomic mass is 10.1. The molecule has 0 radical (unpaired) electrons. The van der Waals surface area contributed by atoms with Gasteiger partial charge in [-0.25, -0.2) is 4.98 Å². The number of anilines is 2. The molecule has 0 bridgehead atoms. The minimum absolute atomic E-state index is 0.0624. The van der Waals surface area contributed by atoms with Crippen molar-refractivity contribution in [3.63, 3.8) is 0 Å². The number of carbonyl (C=O) groups excluding carboxylic acids is 2. The number of aryl methyl sites for hydroxylation is 1. The Balaban J connectivity index is 1.49. The van der Waals surface area contributed by atoms with Crippen molar-refractivity contribution in [1.82, 2.24) is 4.98 Å². The number of para-hydroxylation sites is 1. The fourth-order valence-electron chi connectivity index (χ4n) is 3.10. The maximum atomic E-state index is 12.6. The summed E-state index contributed by atoms with van der Waals surface area (Å²) in [6.07, 6.45) is 0.193. The number of halogens is 1. The maximum Gasteiger partial charge on any atom is 0.231 e. The summed E-state index contributed by atoms with van der Waals surface area (Å²) in [5.41, 5.74) is 2.73. The minimum atomic E-state index is -0.397. The maximum absolute atomic E-state index is 12.6. The van der Waals surface area contributed by atoms with Crippen LogP contribution < -0.4 is 10.2 Å². The van der Waals surface area contributed by atoms with Crippen molar-refractivity contribution in [2.75, 3.05) is 16.8 Å². The van der Waals surface area contributed by atoms with Gasteiger partial charge in [0.05, 0.1) is 16.1 Å². The van der Waals surface area contributed by atoms with Crippen LogP contribution in [0.25, 0.3) is 10.2 Å². The molecule has 1 saturated heterocycles. The lowest BCUT2D eigenvalue weighted by molar-refractivity contribution is -0.122. The number of hydrogen-bond acceptors (Lipinski definition) is 4. The number of nitrogens with one attached hydrogen (secondary N) is 1. The quantitative estimate of drug-likeness (QED) is 0.733. The zero-order valence-corrected chi connectivity index (χ0v) is 15.6. The van der Waals surface area contributed by atoms with Crippen LogP contribution in [0.1, 0.15) is 12.0 Å². The molecule has 7 heteroatoms. The molecule has 2 amide bonds. The molecule has 1 aliphatic rings. The highest BCUT2D eigenvalue weighted by molar-refractivity contribution is 7.22. The molecule has 5 nitrogen and oxygen atoms in total. The lowest BCUT2D eigenvalue weighted by Gasteiger charge is -2.16. The average Bonchev–Trinajstić information content (AvgIpc) is 3.20. The van der Waals surface area contributed by atoms with Gasteiger partial charge in [0.25, 0.3) is 0 Å². The summed E-state index contributed by atoms with van der Waals surface area (Å²) in [5.74, 6) is -0.634. The third-order valence-electron chi connectivity index (χ3n) is 4.48. The Morgan fingerprint density at radius 1 is 1.27 bits per heavy atom. The van der Waals surface area contributed by atoms with Crippen molar-refractivity contribution in [2.45, 2.75) is 13.3 Å². The molecular formula is C19H16ClN3O2S. The molecule has 1 fully saturated rings. The van der Waals surface area contributed by atoms with E-state index in [1.54, 1.807) is 29.2 Å². The first kappa shape index (κ1) is 17.0. The molecule has 4 rings (SSSR count). The number of nitrogens with zero attached hydrogens (tertiary/aromatic N) is 2. The Kier molecular flexibility index (Phi) is 4.38. The Bertz CT molecular complexity index is 1000. The van der Waals surface area contributed by atoms with Crippen LogP contribution in [0.15, 0.2) is 42.5 Å². The highest BCUT2D eigenvalue weighted by Crippen LogP contribution is 2.30. The van der Waals surface area contributed by atoms with Crippen LogP contribution in [0.3, 0.4) is 0 Å². The molecule has 1 atom stereocenters. The normalized spacial score (nSPS) is 17.1. The van der Waals surface area contributed by atoms with E-state index in [0.717, 1.165) is 21.5 Å². The number of hydrogen-bond donors (Lipinski definition) is 1. The molecule has 0 unspecified atom stereocenters. The lowest BCUT2D eigenvalue weighted by Crippen LogP contribution is -2.28. The van der Waals surface area contributed by atoms with Gasteiger partial charge >= 0.3 is 0 Å². The van der Waals surface area contributed by atoms with Gasteiger partial charge in [0.15, 0.2) is 5.13 Å². The molecule has 0 aliphatic carbocycles. The molecule has 3 aromatic rings. The van der Waals surface area contributed by atoms with E-state index >= 15 is 0 Å². The predicted molar refractivity (Wildman–Crippen MR) is 105 cm³/mol. The minimum Gasteiger partial charge on any atom is -0.312 e. The summed E-state index contributed by atoms with van der Waals surface area (Å²) in [7, 11) is 0. The first-order chi connectivity index (χ1) is 12.5. The third kappa shape index (κ3) is 3.18. The second kappa shape index (κ2) is 6.70. The standard InChI is InChI=1S/C19H16ClN3O2S/c1-11-3-2-4-15-17(11)21-19(26-15)22-18(25)12-9-16(24)23(10-12)14-7-5-13(20)6-8-14/h2-8,12H,9-10H2,1H3,(H,21,22,25)/t12-/m0/s1. The SMILES string of the molecule is Cc1cccc2sc(NC(=O)[C@H]3CC(=O)N(c4ccc(Cl)cc4)C3)nc12. The van der Waals surface area contributed by atoms with Gasteiger partial charge in [-0.1, -0.05) is 35.1 Å². The van der Waals surface area contributed by atoms with Crippen molar-refractivity contribution < 1.29 is 9.59 Å². The Hall–Kier alpha value is -2.44. The number of rotatable bonds is 3. The fraction of sp³-hybridized carbons (Fsp3) is 0.211. The zero-order valence-electron chi connectivity index (χ0n) is 14.0. The second-order valence-corrected chi connectivity index (χ2v) is 7.78. The van der Waals surface area contributed by atoms with Crippen LogP contribution in [0.2, 0.25) is 5.02 Å². The predicted octanol–water partition coefficient (Wildman–Crippen LogP) is 4.25. The van der Waals surface area contributed by atoms with Gasteiger partial charge in [0, 0.05) is 23.7 Å². The van der Waals surface area contributed by atoms with Crippen LogP contribution in [0.4, 0.5) is 10.8 Å². The number of amides is 2. The number of carbonyl (C=O) groups is 2. The van der Waals surface area contributed by atoms with E-state index in [-0.39, 0.29) is 18.2 Å². The van der Waals surface area contributed by atoms with E-state index in [1.165, 1.54) is 11.3 Å². The van der Waals surface area contributed by atoms with Crippen LogP contribution in [-0.4, -0.2) is 23.3 Å². The van der Waals surface area contributed by atoms with Gasteiger partial charge in [-0.2, -0.15) is 0 Å². The topological polar surface area (TPSA) is 62.3 Å². The monoisotopic (exact) mass is 385 g/mol. The Morgan fingerprint density at radius 3 is 2.77 bits per heavy atom. The molecule has 1 aromatic heterocycles. The number of thiazole rings is 1. The number of benzene rings is 2. The second-order valence-electron chi connectivity index (χ2n) is 6.31. The van der Waals surface area contributed by atoms with E-state index in [0.29, 0.717) is 16.7 Å². The van der Waals surface area contributed by atoms with Crippen molar-refractivity contribution in [2.24, 2.45) is 5.92 Å². The van der Waals surface area contributed by atoms with Gasteiger partial charge in [-0.3, -0.25) is 9.59 Å². The van der Waals surface area contributed by atoms with E-state index in [4.69, 9.17) is 11.6 Å². The van der Waals surface area contributed by atoms with Crippen LogP contribution in [0, 0.1) is 12.8 Å². The van der Waals surface area contributed by atoms with E-state index in [9.17, 15) is 9.59 Å². The summed E-state index contributed by atoms with van der Waals surface area (Å²) in [6.45, 7) is 2.35. The number of fused-ring (bicyclic) bond motifs is 1. The molecule has 1 N–H and O–H groups in total. The van der Waals surface area contributed by atoms with Crippen LogP contribution in [0.5, 0.6) is 0 Å². The van der Waals surface area contributed by atoms with Gasteiger partial charge in [-0.15, -0.1) is 0 Å². The van der Waals surface area contributed by atoms with Crippen molar-refractivity contribution in [1.29, 1.82) is 0 Å². The van der Waals surface area contributed by atoms with Crippen molar-refractivity contribution in [3.05, 3.63) is 53.1 Å². The van der Waals surface area contributed by atoms with Crippen molar-refractivity contribution in [3.8, 4) is 0 Å². The van der Waals surface area contributed by atoms with Gasteiger partial charge in [-0.05, 0) is 42.8 Å². The molecule has 1 aliphatic heterocycles. The third-order valence-corrected chi connectivity index (χ3v) is 5.67. The van der Waals surface area contributed by atoms with E-state index < -0.39 is 5.92 Å². The summed E-state index contributed by atoms with van der Waals surface area (Å²) in [4.78, 5) is 31.1. The van der Waals surface area contributed by atoms with Gasteiger partial charge in [0.1, 0.15) is 0 Å². The molecule has 132 valence electrons. The fourth-order valence-corrected chi connectivity index (χ4v) is 4.17. The summed E-state index contributed by atoms with van der Waals surface area (Å²) in [5, 5.41) is 4.05. The Labute approximate surface area is 159 Å². The number of aromatic nitrogens is 1. The van der Waals surface area contributed by atoms with Gasteiger partial charge < -0.3 is 10.2 Å². The molecule has 2 aromatic carbocycles. The van der Waals surface area contributed by atoms with E-state index in [1.807, 2.05) is 25.1 Å². The Morgan fingerprint density at radius 2 is 2.04 bits per heavy atom. The molecule has 0 spiro atoms. The molecular weight excluding hydrogens is 370 g/mol. The first-order valence-corrected chi connectivity index (χ1v) is 9.43. The largest absolute Gasteiger partial charge is 0.312 e. The van der Waals surface area contributed by atoms with E-state index in [2.05, 4.69) is 10.3 Å².